The lowest BCUT2D eigenvalue weighted by Gasteiger charge is -2.19. The molecule has 3 aromatic carbocycles. The van der Waals surface area contributed by atoms with Gasteiger partial charge in [0, 0.05) is 17.2 Å². The molecule has 5 rings (SSSR count). The molecule has 4 aromatic rings. The molecule has 37 heavy (non-hydrogen) atoms. The molecule has 7 heteroatoms. The number of phenols is 1. The monoisotopic (exact) mass is 495 g/mol. The Bertz CT molecular complexity index is 1280. The summed E-state index contributed by atoms with van der Waals surface area (Å²) >= 11 is 0. The first kappa shape index (κ1) is 24.4. The zero-order chi connectivity index (χ0) is 25.5. The second-order valence-corrected chi connectivity index (χ2v) is 9.07. The van der Waals surface area contributed by atoms with Gasteiger partial charge in [-0.2, -0.15) is 0 Å². The van der Waals surface area contributed by atoms with Crippen LogP contribution in [0.1, 0.15) is 32.1 Å². The number of aromatic nitrogens is 3. The van der Waals surface area contributed by atoms with Crippen molar-refractivity contribution in [2.75, 3.05) is 13.2 Å². The molecular weight excluding hydrogens is 466 g/mol. The fourth-order valence-corrected chi connectivity index (χ4v) is 4.48. The molecule has 1 aromatic heterocycles. The highest BCUT2D eigenvalue weighted by Gasteiger charge is 2.22. The highest BCUT2D eigenvalue weighted by atomic mass is 16.6. The van der Waals surface area contributed by atoms with Gasteiger partial charge in [-0.1, -0.05) is 79.9 Å². The first-order valence-corrected chi connectivity index (χ1v) is 12.7. The molecule has 1 N–H and O–H groups in total. The van der Waals surface area contributed by atoms with Gasteiger partial charge in [-0.25, -0.2) is 15.0 Å². The molecular formula is C30H29N3O4. The molecule has 1 fully saturated rings. The SMILES string of the molecule is O=C(OCCOc1ccc(-c2nc(-c3ccccc3)nc(-c3ccccc3)n2)c(O)c1)C1CCCCC1. The summed E-state index contributed by atoms with van der Waals surface area (Å²) in [6.07, 6.45) is 5.18. The minimum Gasteiger partial charge on any atom is -0.507 e. The van der Waals surface area contributed by atoms with Crippen molar-refractivity contribution in [2.24, 2.45) is 5.92 Å². The maximum atomic E-state index is 12.2. The van der Waals surface area contributed by atoms with E-state index in [-0.39, 0.29) is 30.9 Å². The van der Waals surface area contributed by atoms with Crippen molar-refractivity contribution < 1.29 is 19.4 Å². The van der Waals surface area contributed by atoms with E-state index in [0.29, 0.717) is 28.8 Å². The number of hydrogen-bond donors (Lipinski definition) is 1. The standard InChI is InChI=1S/C30H29N3O4/c34-26-20-24(36-18-19-37-30(35)23-14-8-3-9-15-23)16-17-25(26)29-32-27(21-10-4-1-5-11-21)31-28(33-29)22-12-6-2-7-13-22/h1-2,4-7,10-13,16-17,20,23,34H,3,8-9,14-15,18-19H2. The number of rotatable bonds is 8. The van der Waals surface area contributed by atoms with Crippen LogP contribution in [0.5, 0.6) is 11.5 Å². The molecule has 7 nitrogen and oxygen atoms in total. The van der Waals surface area contributed by atoms with Gasteiger partial charge in [0.25, 0.3) is 0 Å². The Balaban J connectivity index is 1.32. The van der Waals surface area contributed by atoms with Gasteiger partial charge in [0.2, 0.25) is 0 Å². The van der Waals surface area contributed by atoms with Gasteiger partial charge < -0.3 is 14.6 Å². The van der Waals surface area contributed by atoms with Gasteiger partial charge in [0.15, 0.2) is 17.5 Å². The third-order valence-electron chi connectivity index (χ3n) is 6.44. The smallest absolute Gasteiger partial charge is 0.309 e. The number of benzene rings is 3. The average molecular weight is 496 g/mol. The number of ether oxygens (including phenoxy) is 2. The summed E-state index contributed by atoms with van der Waals surface area (Å²) in [5.74, 6) is 1.72. The number of hydrogen-bond acceptors (Lipinski definition) is 7. The van der Waals surface area contributed by atoms with Gasteiger partial charge in [0.1, 0.15) is 24.7 Å². The van der Waals surface area contributed by atoms with Crippen LogP contribution in [0.2, 0.25) is 0 Å². The molecule has 0 spiro atoms. The molecule has 1 aliphatic rings. The van der Waals surface area contributed by atoms with Crippen LogP contribution in [0.15, 0.2) is 78.9 Å². The summed E-state index contributed by atoms with van der Waals surface area (Å²) < 4.78 is 11.1. The largest absolute Gasteiger partial charge is 0.507 e. The number of carbonyl (C=O) groups excluding carboxylic acids is 1. The second-order valence-electron chi connectivity index (χ2n) is 9.07. The average Bonchev–Trinajstić information content (AvgIpc) is 2.96. The van der Waals surface area contributed by atoms with E-state index in [4.69, 9.17) is 9.47 Å². The van der Waals surface area contributed by atoms with Crippen molar-refractivity contribution in [3.63, 3.8) is 0 Å². The third kappa shape index (κ3) is 6.12. The van der Waals surface area contributed by atoms with Gasteiger partial charge in [-0.3, -0.25) is 4.79 Å². The zero-order valence-corrected chi connectivity index (χ0v) is 20.5. The topological polar surface area (TPSA) is 94.4 Å². The van der Waals surface area contributed by atoms with Crippen LogP contribution in [-0.4, -0.2) is 39.2 Å². The van der Waals surface area contributed by atoms with Gasteiger partial charge in [-0.05, 0) is 25.0 Å². The minimum absolute atomic E-state index is 0.0130. The molecule has 1 saturated carbocycles. The summed E-state index contributed by atoms with van der Waals surface area (Å²) in [7, 11) is 0. The van der Waals surface area contributed by atoms with Gasteiger partial charge >= 0.3 is 5.97 Å². The van der Waals surface area contributed by atoms with Crippen LogP contribution >= 0.6 is 0 Å². The summed E-state index contributed by atoms with van der Waals surface area (Å²) in [4.78, 5) is 26.2. The molecule has 0 bridgehead atoms. The maximum absolute atomic E-state index is 12.2. The molecule has 0 saturated heterocycles. The molecule has 0 atom stereocenters. The van der Waals surface area contributed by atoms with E-state index in [0.717, 1.165) is 36.8 Å². The number of esters is 1. The van der Waals surface area contributed by atoms with Crippen molar-refractivity contribution in [3.05, 3.63) is 78.9 Å². The molecule has 0 radical (unpaired) electrons. The molecule has 0 aliphatic heterocycles. The van der Waals surface area contributed by atoms with Crippen LogP contribution in [0.3, 0.4) is 0 Å². The number of carbonyl (C=O) groups is 1. The maximum Gasteiger partial charge on any atom is 0.309 e. The summed E-state index contributed by atoms with van der Waals surface area (Å²) in [6, 6.07) is 24.3. The first-order chi connectivity index (χ1) is 18.2. The Hall–Kier alpha value is -4.26. The van der Waals surface area contributed by atoms with Crippen molar-refractivity contribution in [3.8, 4) is 45.7 Å². The van der Waals surface area contributed by atoms with E-state index >= 15 is 0 Å². The Labute approximate surface area is 216 Å². The van der Waals surface area contributed by atoms with E-state index in [9.17, 15) is 9.90 Å². The summed E-state index contributed by atoms with van der Waals surface area (Å²) in [6.45, 7) is 0.380. The van der Waals surface area contributed by atoms with E-state index in [1.165, 1.54) is 12.5 Å². The molecule has 0 amide bonds. The van der Waals surface area contributed by atoms with E-state index < -0.39 is 0 Å². The van der Waals surface area contributed by atoms with E-state index in [2.05, 4.69) is 15.0 Å². The van der Waals surface area contributed by atoms with Crippen LogP contribution in [0.25, 0.3) is 34.2 Å². The van der Waals surface area contributed by atoms with Crippen molar-refractivity contribution >= 4 is 5.97 Å². The third-order valence-corrected chi connectivity index (χ3v) is 6.44. The first-order valence-electron chi connectivity index (χ1n) is 12.7. The molecule has 1 aliphatic carbocycles. The number of phenolic OH excluding ortho intramolecular Hbond substituents is 1. The fourth-order valence-electron chi connectivity index (χ4n) is 4.48. The fraction of sp³-hybridized carbons (Fsp3) is 0.267. The summed E-state index contributed by atoms with van der Waals surface area (Å²) in [5.41, 5.74) is 2.17. The van der Waals surface area contributed by atoms with E-state index in [1.54, 1.807) is 12.1 Å². The lowest BCUT2D eigenvalue weighted by atomic mass is 9.89. The number of nitrogens with zero attached hydrogens (tertiary/aromatic N) is 3. The van der Waals surface area contributed by atoms with Gasteiger partial charge in [-0.15, -0.1) is 0 Å². The summed E-state index contributed by atoms with van der Waals surface area (Å²) in [5, 5.41) is 10.8. The minimum atomic E-state index is -0.139. The lowest BCUT2D eigenvalue weighted by molar-refractivity contribution is -0.150. The van der Waals surface area contributed by atoms with Crippen molar-refractivity contribution in [1.29, 1.82) is 0 Å². The van der Waals surface area contributed by atoms with Crippen molar-refractivity contribution in [2.45, 2.75) is 32.1 Å². The Morgan fingerprint density at radius 2 is 1.35 bits per heavy atom. The van der Waals surface area contributed by atoms with Crippen LogP contribution in [0.4, 0.5) is 0 Å². The van der Waals surface area contributed by atoms with E-state index in [1.807, 2.05) is 60.7 Å². The quantitative estimate of drug-likeness (QED) is 0.234. The van der Waals surface area contributed by atoms with Crippen LogP contribution in [-0.2, 0) is 9.53 Å². The van der Waals surface area contributed by atoms with Crippen molar-refractivity contribution in [1.82, 2.24) is 15.0 Å². The zero-order valence-electron chi connectivity index (χ0n) is 20.5. The Morgan fingerprint density at radius 3 is 1.95 bits per heavy atom. The molecule has 0 unspecified atom stereocenters. The Kier molecular flexibility index (Phi) is 7.69. The molecule has 188 valence electrons. The normalized spacial score (nSPS) is 13.7. The highest BCUT2D eigenvalue weighted by molar-refractivity contribution is 5.72. The van der Waals surface area contributed by atoms with Crippen LogP contribution < -0.4 is 4.74 Å². The Morgan fingerprint density at radius 1 is 0.757 bits per heavy atom. The lowest BCUT2D eigenvalue weighted by Crippen LogP contribution is -2.22. The second kappa shape index (κ2) is 11.6. The predicted octanol–water partition coefficient (Wildman–Crippen LogP) is 6.08. The molecule has 1 heterocycles. The number of aromatic hydroxyl groups is 1. The van der Waals surface area contributed by atoms with Gasteiger partial charge in [0.05, 0.1) is 11.5 Å². The highest BCUT2D eigenvalue weighted by Crippen LogP contribution is 2.32. The predicted molar refractivity (Wildman–Crippen MR) is 141 cm³/mol. The van der Waals surface area contributed by atoms with Crippen LogP contribution in [0, 0.1) is 5.92 Å².